The standard InChI is InChI=1S/C45H92/c1-11-21-31-41(32-22-12-2)43(35-25-15-5,36-26-16-6)45(39-29-19-9,40-30-20-10)44(37-27-17-7,38-28-18-8)42(33-23-13-3)34-24-14-4/h41-42H,11-40H2,1-10H3. The van der Waals surface area contributed by atoms with Gasteiger partial charge in [0.25, 0.3) is 0 Å². The van der Waals surface area contributed by atoms with Crippen molar-refractivity contribution >= 4 is 0 Å². The minimum Gasteiger partial charge on any atom is -0.0654 e. The Morgan fingerprint density at radius 2 is 0.467 bits per heavy atom. The van der Waals surface area contributed by atoms with Crippen molar-refractivity contribution in [2.75, 3.05) is 0 Å². The van der Waals surface area contributed by atoms with Crippen molar-refractivity contribution in [2.45, 2.75) is 262 Å². The lowest BCUT2D eigenvalue weighted by molar-refractivity contribution is -0.187. The van der Waals surface area contributed by atoms with Crippen molar-refractivity contribution in [1.82, 2.24) is 0 Å². The van der Waals surface area contributed by atoms with E-state index in [0.717, 1.165) is 11.8 Å². The first kappa shape index (κ1) is 45.0. The minimum absolute atomic E-state index is 0.471. The third kappa shape index (κ3) is 13.4. The molecular formula is C45H92. The smallest absolute Gasteiger partial charge is 0.0179 e. The van der Waals surface area contributed by atoms with Gasteiger partial charge in [0.2, 0.25) is 0 Å². The molecule has 0 N–H and O–H groups in total. The zero-order chi connectivity index (χ0) is 33.9. The number of hydrogen-bond acceptors (Lipinski definition) is 0. The largest absolute Gasteiger partial charge is 0.0654 e. The zero-order valence-electron chi connectivity index (χ0n) is 33.9. The van der Waals surface area contributed by atoms with Crippen LogP contribution in [0.3, 0.4) is 0 Å². The highest BCUT2D eigenvalue weighted by Gasteiger charge is 2.63. The molecule has 0 aromatic rings. The SMILES string of the molecule is CCCCC(CCCC)C(CCCC)(CCCC)C(CCCC)(CCCC)C(CCCC)(CCCC)C(CCCC)CCCC. The van der Waals surface area contributed by atoms with Crippen LogP contribution in [0.15, 0.2) is 0 Å². The van der Waals surface area contributed by atoms with Crippen molar-refractivity contribution in [3.8, 4) is 0 Å². The van der Waals surface area contributed by atoms with Gasteiger partial charge in [-0.15, -0.1) is 0 Å². The van der Waals surface area contributed by atoms with E-state index >= 15 is 0 Å². The third-order valence-corrected chi connectivity index (χ3v) is 12.9. The maximum atomic E-state index is 2.52. The van der Waals surface area contributed by atoms with Crippen molar-refractivity contribution in [2.24, 2.45) is 28.1 Å². The maximum Gasteiger partial charge on any atom is -0.0179 e. The summed E-state index contributed by atoms with van der Waals surface area (Å²) in [5.41, 5.74) is 1.46. The summed E-state index contributed by atoms with van der Waals surface area (Å²) in [5, 5.41) is 0. The van der Waals surface area contributed by atoms with Crippen LogP contribution in [0.5, 0.6) is 0 Å². The van der Waals surface area contributed by atoms with Crippen LogP contribution in [-0.4, -0.2) is 0 Å². The van der Waals surface area contributed by atoms with Gasteiger partial charge in [-0.25, -0.2) is 0 Å². The number of unbranched alkanes of at least 4 members (excludes halogenated alkanes) is 10. The van der Waals surface area contributed by atoms with Crippen LogP contribution in [0.25, 0.3) is 0 Å². The predicted octanol–water partition coefficient (Wildman–Crippen LogP) is 17.1. The van der Waals surface area contributed by atoms with Crippen molar-refractivity contribution in [3.05, 3.63) is 0 Å². The maximum absolute atomic E-state index is 2.52. The van der Waals surface area contributed by atoms with Crippen LogP contribution >= 0.6 is 0 Å². The number of hydrogen-bond donors (Lipinski definition) is 0. The lowest BCUT2D eigenvalue weighted by Crippen LogP contribution is -2.60. The molecule has 0 amide bonds. The van der Waals surface area contributed by atoms with E-state index in [-0.39, 0.29) is 0 Å². The van der Waals surface area contributed by atoms with E-state index in [1.165, 1.54) is 193 Å². The Bertz CT molecular complexity index is 530. The lowest BCUT2D eigenvalue weighted by Gasteiger charge is -2.67. The summed E-state index contributed by atoms with van der Waals surface area (Å²) in [4.78, 5) is 0. The van der Waals surface area contributed by atoms with E-state index in [4.69, 9.17) is 0 Å². The molecule has 0 spiro atoms. The first-order valence-corrected chi connectivity index (χ1v) is 21.9. The topological polar surface area (TPSA) is 0 Å². The minimum atomic E-state index is 0.471. The van der Waals surface area contributed by atoms with Crippen LogP contribution in [0.2, 0.25) is 0 Å². The van der Waals surface area contributed by atoms with Crippen LogP contribution < -0.4 is 0 Å². The highest BCUT2D eigenvalue weighted by molar-refractivity contribution is 5.12. The number of rotatable bonds is 34. The summed E-state index contributed by atoms with van der Waals surface area (Å²) in [5.74, 6) is 1.81. The van der Waals surface area contributed by atoms with Gasteiger partial charge in [0.15, 0.2) is 0 Å². The van der Waals surface area contributed by atoms with E-state index in [9.17, 15) is 0 Å². The molecular weight excluding hydrogens is 540 g/mol. The van der Waals surface area contributed by atoms with Gasteiger partial charge in [-0.2, -0.15) is 0 Å². The molecule has 45 heavy (non-hydrogen) atoms. The average Bonchev–Trinajstić information content (AvgIpc) is 3.06. The molecule has 0 saturated heterocycles. The molecule has 0 aliphatic carbocycles. The molecule has 0 aliphatic heterocycles. The molecule has 0 bridgehead atoms. The molecule has 0 fully saturated rings. The summed E-state index contributed by atoms with van der Waals surface area (Å²) < 4.78 is 0. The molecule has 0 rings (SSSR count). The van der Waals surface area contributed by atoms with Gasteiger partial charge in [-0.05, 0) is 92.3 Å². The van der Waals surface area contributed by atoms with E-state index in [0.29, 0.717) is 16.2 Å². The molecule has 0 aliphatic rings. The molecule has 0 unspecified atom stereocenters. The van der Waals surface area contributed by atoms with E-state index in [2.05, 4.69) is 69.2 Å². The van der Waals surface area contributed by atoms with Gasteiger partial charge in [0.1, 0.15) is 0 Å². The normalized spacial score (nSPS) is 13.1. The first-order chi connectivity index (χ1) is 21.9. The van der Waals surface area contributed by atoms with Gasteiger partial charge in [0.05, 0.1) is 0 Å². The van der Waals surface area contributed by atoms with Crippen molar-refractivity contribution in [3.63, 3.8) is 0 Å². The second-order valence-electron chi connectivity index (χ2n) is 16.0. The van der Waals surface area contributed by atoms with Gasteiger partial charge >= 0.3 is 0 Å². The molecule has 0 saturated carbocycles. The molecule has 0 atom stereocenters. The summed E-state index contributed by atoms with van der Waals surface area (Å²) in [6, 6.07) is 0. The second kappa shape index (κ2) is 27.9. The lowest BCUT2D eigenvalue weighted by atomic mass is 9.37. The van der Waals surface area contributed by atoms with E-state index < -0.39 is 0 Å². The molecule has 0 nitrogen and oxygen atoms in total. The quantitative estimate of drug-likeness (QED) is 0.0662. The fourth-order valence-electron chi connectivity index (χ4n) is 10.5. The predicted molar refractivity (Wildman–Crippen MR) is 210 cm³/mol. The molecule has 272 valence electrons. The van der Waals surface area contributed by atoms with Crippen LogP contribution in [-0.2, 0) is 0 Å². The second-order valence-corrected chi connectivity index (χ2v) is 16.0. The Morgan fingerprint density at radius 1 is 0.267 bits per heavy atom. The summed E-state index contributed by atoms with van der Waals surface area (Å²) in [6.45, 7) is 24.9. The van der Waals surface area contributed by atoms with Crippen LogP contribution in [0.1, 0.15) is 262 Å². The van der Waals surface area contributed by atoms with Crippen LogP contribution in [0.4, 0.5) is 0 Å². The van der Waals surface area contributed by atoms with Gasteiger partial charge in [-0.1, -0.05) is 198 Å². The molecule has 0 radical (unpaired) electrons. The first-order valence-electron chi connectivity index (χ1n) is 21.9. The highest BCUT2D eigenvalue weighted by atomic mass is 14.7. The van der Waals surface area contributed by atoms with Gasteiger partial charge in [0, 0.05) is 0 Å². The monoisotopic (exact) mass is 633 g/mol. The van der Waals surface area contributed by atoms with Crippen LogP contribution in [0, 0.1) is 28.1 Å². The van der Waals surface area contributed by atoms with Crippen molar-refractivity contribution in [1.29, 1.82) is 0 Å². The molecule has 0 heteroatoms. The van der Waals surface area contributed by atoms with E-state index in [1.54, 1.807) is 0 Å². The zero-order valence-corrected chi connectivity index (χ0v) is 33.9. The molecule has 0 heterocycles. The van der Waals surface area contributed by atoms with Crippen molar-refractivity contribution < 1.29 is 0 Å². The summed E-state index contributed by atoms with van der Waals surface area (Å²) in [7, 11) is 0. The summed E-state index contributed by atoms with van der Waals surface area (Å²) >= 11 is 0. The Labute approximate surface area is 289 Å². The Hall–Kier alpha value is 0. The highest BCUT2D eigenvalue weighted by Crippen LogP contribution is 2.71. The Balaban J connectivity index is 8.40. The van der Waals surface area contributed by atoms with E-state index in [1.807, 2.05) is 0 Å². The fourth-order valence-corrected chi connectivity index (χ4v) is 10.5. The Kier molecular flexibility index (Phi) is 27.9. The summed E-state index contributed by atoms with van der Waals surface area (Å²) in [6.07, 6.45) is 43.2. The average molecular weight is 633 g/mol. The van der Waals surface area contributed by atoms with Gasteiger partial charge < -0.3 is 0 Å². The molecule has 0 aromatic heterocycles. The third-order valence-electron chi connectivity index (χ3n) is 12.9. The molecule has 0 aromatic carbocycles. The Morgan fingerprint density at radius 3 is 0.667 bits per heavy atom. The fraction of sp³-hybridized carbons (Fsp3) is 1.00. The van der Waals surface area contributed by atoms with Gasteiger partial charge in [-0.3, -0.25) is 0 Å².